The molecule has 1 aromatic carbocycles. The first-order valence-corrected chi connectivity index (χ1v) is 8.16. The highest BCUT2D eigenvalue weighted by Crippen LogP contribution is 2.16. The monoisotopic (exact) mass is 374 g/mol. The first-order valence-electron chi connectivity index (χ1n) is 7.79. The van der Waals surface area contributed by atoms with Gasteiger partial charge < -0.3 is 8.94 Å². The van der Waals surface area contributed by atoms with Crippen LogP contribution >= 0.6 is 11.6 Å². The van der Waals surface area contributed by atoms with E-state index in [2.05, 4.69) is 21.0 Å². The number of carbonyl (C=O) groups is 2. The molecule has 0 aliphatic heterocycles. The number of halogens is 1. The molecule has 0 unspecified atom stereocenters. The van der Waals surface area contributed by atoms with Crippen molar-refractivity contribution in [3.8, 4) is 11.6 Å². The van der Waals surface area contributed by atoms with Gasteiger partial charge in [0.15, 0.2) is 5.76 Å². The smallest absolute Gasteiger partial charge is 0.242 e. The normalized spacial score (nSPS) is 10.5. The van der Waals surface area contributed by atoms with E-state index >= 15 is 0 Å². The highest BCUT2D eigenvalue weighted by Gasteiger charge is 2.12. The number of rotatable bonds is 6. The van der Waals surface area contributed by atoms with Gasteiger partial charge in [0, 0.05) is 17.9 Å². The van der Waals surface area contributed by atoms with Crippen molar-refractivity contribution >= 4 is 23.4 Å². The van der Waals surface area contributed by atoms with Gasteiger partial charge >= 0.3 is 0 Å². The maximum absolute atomic E-state index is 11.8. The summed E-state index contributed by atoms with van der Waals surface area (Å²) in [5.41, 5.74) is 5.49. The van der Waals surface area contributed by atoms with Crippen LogP contribution in [0.1, 0.15) is 17.9 Å². The zero-order valence-corrected chi connectivity index (χ0v) is 14.3. The fraction of sp³-hybridized carbons (Fsp3) is 0.176. The predicted molar refractivity (Wildman–Crippen MR) is 91.8 cm³/mol. The number of aryl methyl sites for hydroxylation is 1. The summed E-state index contributed by atoms with van der Waals surface area (Å²) in [7, 11) is 0. The standard InChI is InChI=1S/C17H15ClN4O4/c18-12-5-3-11(4-6-12)10-15(24)21-20-14(23)7-8-16-19-17(22-26-16)13-2-1-9-25-13/h1-6,9H,7-8,10H2,(H,20,23)(H,21,24). The van der Waals surface area contributed by atoms with Crippen LogP contribution in [0.25, 0.3) is 11.6 Å². The SMILES string of the molecule is O=C(CCc1nc(-c2ccco2)no1)NNC(=O)Cc1ccc(Cl)cc1. The molecule has 2 N–H and O–H groups in total. The Bertz CT molecular complexity index is 875. The lowest BCUT2D eigenvalue weighted by molar-refractivity contribution is -0.128. The molecule has 0 fully saturated rings. The summed E-state index contributed by atoms with van der Waals surface area (Å²) in [6.07, 6.45) is 1.97. The molecule has 8 nitrogen and oxygen atoms in total. The Hall–Kier alpha value is -3.13. The van der Waals surface area contributed by atoms with Crippen LogP contribution in [0.4, 0.5) is 0 Å². The van der Waals surface area contributed by atoms with Crippen LogP contribution in [0.15, 0.2) is 51.6 Å². The highest BCUT2D eigenvalue weighted by molar-refractivity contribution is 6.30. The van der Waals surface area contributed by atoms with Crippen molar-refractivity contribution in [3.63, 3.8) is 0 Å². The van der Waals surface area contributed by atoms with Gasteiger partial charge in [0.2, 0.25) is 23.5 Å². The Morgan fingerprint density at radius 3 is 2.58 bits per heavy atom. The molecule has 2 amide bonds. The first-order chi connectivity index (χ1) is 12.6. The van der Waals surface area contributed by atoms with Crippen LogP contribution in [0, 0.1) is 0 Å². The van der Waals surface area contributed by atoms with Crippen molar-refractivity contribution in [2.45, 2.75) is 19.3 Å². The second-order valence-electron chi connectivity index (χ2n) is 5.39. The number of benzene rings is 1. The Labute approximate surface area is 153 Å². The maximum atomic E-state index is 11.8. The van der Waals surface area contributed by atoms with E-state index in [1.165, 1.54) is 6.26 Å². The van der Waals surface area contributed by atoms with Crippen LogP contribution in [0.5, 0.6) is 0 Å². The van der Waals surface area contributed by atoms with Crippen molar-refractivity contribution in [3.05, 3.63) is 59.1 Å². The number of nitrogens with zero attached hydrogens (tertiary/aromatic N) is 2. The number of aromatic nitrogens is 2. The predicted octanol–water partition coefficient (Wildman–Crippen LogP) is 2.31. The van der Waals surface area contributed by atoms with Gasteiger partial charge in [0.25, 0.3) is 0 Å². The molecule has 0 radical (unpaired) electrons. The van der Waals surface area contributed by atoms with E-state index in [1.54, 1.807) is 36.4 Å². The minimum Gasteiger partial charge on any atom is -0.461 e. The second-order valence-corrected chi connectivity index (χ2v) is 5.83. The Morgan fingerprint density at radius 1 is 1.08 bits per heavy atom. The third-order valence-corrected chi connectivity index (χ3v) is 3.65. The summed E-state index contributed by atoms with van der Waals surface area (Å²) in [5, 5.41) is 4.37. The van der Waals surface area contributed by atoms with E-state index < -0.39 is 0 Å². The molecule has 3 aromatic rings. The lowest BCUT2D eigenvalue weighted by Gasteiger charge is -2.06. The van der Waals surface area contributed by atoms with Crippen molar-refractivity contribution in [2.75, 3.05) is 0 Å². The van der Waals surface area contributed by atoms with Gasteiger partial charge in [-0.05, 0) is 29.8 Å². The molecular weight excluding hydrogens is 360 g/mol. The lowest BCUT2D eigenvalue weighted by atomic mass is 10.1. The van der Waals surface area contributed by atoms with Crippen molar-refractivity contribution < 1.29 is 18.5 Å². The molecule has 3 rings (SSSR count). The largest absolute Gasteiger partial charge is 0.461 e. The van der Waals surface area contributed by atoms with Crippen LogP contribution in [-0.4, -0.2) is 22.0 Å². The average Bonchev–Trinajstić information content (AvgIpc) is 3.31. The van der Waals surface area contributed by atoms with E-state index in [0.29, 0.717) is 22.5 Å². The van der Waals surface area contributed by atoms with Crippen LogP contribution in [0.2, 0.25) is 5.02 Å². The molecule has 9 heteroatoms. The Morgan fingerprint density at radius 2 is 1.85 bits per heavy atom. The number of hydrogen-bond acceptors (Lipinski definition) is 6. The van der Waals surface area contributed by atoms with Crippen LogP contribution in [0.3, 0.4) is 0 Å². The maximum Gasteiger partial charge on any atom is 0.242 e. The zero-order valence-electron chi connectivity index (χ0n) is 13.6. The fourth-order valence-corrected chi connectivity index (χ4v) is 2.24. The van der Waals surface area contributed by atoms with Crippen molar-refractivity contribution in [1.82, 2.24) is 21.0 Å². The molecule has 2 heterocycles. The molecule has 0 saturated carbocycles. The fourth-order valence-electron chi connectivity index (χ4n) is 2.12. The van der Waals surface area contributed by atoms with Gasteiger partial charge in [-0.25, -0.2) is 0 Å². The summed E-state index contributed by atoms with van der Waals surface area (Å²) in [6, 6.07) is 10.3. The van der Waals surface area contributed by atoms with Gasteiger partial charge in [-0.3, -0.25) is 20.4 Å². The number of amides is 2. The number of nitrogens with one attached hydrogen (secondary N) is 2. The average molecular weight is 375 g/mol. The van der Waals surface area contributed by atoms with Gasteiger partial charge in [0.05, 0.1) is 12.7 Å². The minimum atomic E-state index is -0.368. The van der Waals surface area contributed by atoms with Gasteiger partial charge in [-0.2, -0.15) is 4.98 Å². The highest BCUT2D eigenvalue weighted by atomic mass is 35.5. The molecule has 2 aromatic heterocycles. The summed E-state index contributed by atoms with van der Waals surface area (Å²) in [4.78, 5) is 27.7. The Balaban J connectivity index is 1.40. The van der Waals surface area contributed by atoms with E-state index in [1.807, 2.05) is 0 Å². The third-order valence-electron chi connectivity index (χ3n) is 3.39. The molecule has 0 spiro atoms. The van der Waals surface area contributed by atoms with Crippen molar-refractivity contribution in [1.29, 1.82) is 0 Å². The quantitative estimate of drug-likeness (QED) is 0.640. The topological polar surface area (TPSA) is 110 Å². The lowest BCUT2D eigenvalue weighted by Crippen LogP contribution is -2.42. The van der Waals surface area contributed by atoms with Gasteiger partial charge in [-0.15, -0.1) is 0 Å². The Kier molecular flexibility index (Phi) is 5.65. The molecule has 134 valence electrons. The second kappa shape index (κ2) is 8.30. The van der Waals surface area contributed by atoms with Crippen LogP contribution < -0.4 is 10.9 Å². The number of hydrogen-bond donors (Lipinski definition) is 2. The van der Waals surface area contributed by atoms with Crippen molar-refractivity contribution in [2.24, 2.45) is 0 Å². The summed E-state index contributed by atoms with van der Waals surface area (Å²) >= 11 is 5.79. The summed E-state index contributed by atoms with van der Waals surface area (Å²) in [5.74, 6) is 0.408. The molecule has 0 aliphatic carbocycles. The molecule has 0 atom stereocenters. The zero-order chi connectivity index (χ0) is 18.4. The van der Waals surface area contributed by atoms with E-state index in [-0.39, 0.29) is 31.1 Å². The number of carbonyl (C=O) groups excluding carboxylic acids is 2. The van der Waals surface area contributed by atoms with Gasteiger partial charge in [-0.1, -0.05) is 28.9 Å². The number of furan rings is 1. The minimum absolute atomic E-state index is 0.0843. The molecule has 26 heavy (non-hydrogen) atoms. The summed E-state index contributed by atoms with van der Waals surface area (Å²) < 4.78 is 10.2. The van der Waals surface area contributed by atoms with Crippen LogP contribution in [-0.2, 0) is 22.4 Å². The third kappa shape index (κ3) is 4.93. The van der Waals surface area contributed by atoms with E-state index in [9.17, 15) is 9.59 Å². The van der Waals surface area contributed by atoms with Gasteiger partial charge in [0.1, 0.15) is 0 Å². The van der Waals surface area contributed by atoms with E-state index in [0.717, 1.165) is 5.56 Å². The molecule has 0 bridgehead atoms. The molecular formula is C17H15ClN4O4. The first kappa shape index (κ1) is 17.7. The van der Waals surface area contributed by atoms with E-state index in [4.69, 9.17) is 20.5 Å². The summed E-state index contributed by atoms with van der Waals surface area (Å²) in [6.45, 7) is 0. The molecule has 0 aliphatic rings. The molecule has 0 saturated heterocycles. The number of hydrazine groups is 1.